The Morgan fingerprint density at radius 1 is 0.926 bits per heavy atom. The first-order valence-corrected chi connectivity index (χ1v) is 10.2. The fraction of sp³-hybridized carbons (Fsp3) is 0.316. The van der Waals surface area contributed by atoms with E-state index in [1.165, 1.54) is 27.6 Å². The third kappa shape index (κ3) is 5.62. The first kappa shape index (κ1) is 20.6. The molecular weight excluding hydrogens is 370 g/mol. The monoisotopic (exact) mass is 393 g/mol. The van der Waals surface area contributed by atoms with Crippen LogP contribution in [0.5, 0.6) is 17.2 Å². The molecule has 1 N–H and O–H groups in total. The normalized spacial score (nSPS) is 11.0. The average Bonchev–Trinajstić information content (AvgIpc) is 2.64. The van der Waals surface area contributed by atoms with Gasteiger partial charge in [-0.2, -0.15) is 0 Å². The van der Waals surface area contributed by atoms with Crippen molar-refractivity contribution in [3.8, 4) is 17.2 Å². The zero-order valence-electron chi connectivity index (χ0n) is 15.7. The Balaban J connectivity index is 2.09. The Morgan fingerprint density at radius 2 is 1.48 bits per heavy atom. The van der Waals surface area contributed by atoms with Gasteiger partial charge in [-0.05, 0) is 35.4 Å². The Labute approximate surface area is 159 Å². The van der Waals surface area contributed by atoms with Crippen molar-refractivity contribution in [2.24, 2.45) is 0 Å². The molecule has 8 heteroatoms. The number of ether oxygens (including phenoxy) is 3. The molecule has 0 bridgehead atoms. The van der Waals surface area contributed by atoms with Gasteiger partial charge in [-0.25, -0.2) is 8.42 Å². The van der Waals surface area contributed by atoms with E-state index in [4.69, 9.17) is 14.2 Å². The molecule has 0 unspecified atom stereocenters. The number of methoxy groups -OCH3 is 3. The highest BCUT2D eigenvalue weighted by Gasteiger charge is 2.14. The highest BCUT2D eigenvalue weighted by Crippen LogP contribution is 2.38. The number of hydrogen-bond acceptors (Lipinski definition) is 6. The zero-order chi connectivity index (χ0) is 20.0. The number of amides is 1. The van der Waals surface area contributed by atoms with Crippen LogP contribution in [0.1, 0.15) is 21.5 Å². The van der Waals surface area contributed by atoms with Crippen LogP contribution in [0, 0.1) is 0 Å². The van der Waals surface area contributed by atoms with Crippen LogP contribution in [-0.2, 0) is 22.1 Å². The van der Waals surface area contributed by atoms with E-state index in [1.54, 1.807) is 36.4 Å². The summed E-state index contributed by atoms with van der Waals surface area (Å²) in [5.41, 5.74) is 1.87. The fourth-order valence-corrected chi connectivity index (χ4v) is 3.37. The van der Waals surface area contributed by atoms with Crippen LogP contribution in [0.4, 0.5) is 0 Å². The van der Waals surface area contributed by atoms with Crippen molar-refractivity contribution < 1.29 is 27.4 Å². The molecule has 0 atom stereocenters. The quantitative estimate of drug-likeness (QED) is 0.739. The number of carbonyl (C=O) groups excluding carboxylic acids is 1. The summed E-state index contributed by atoms with van der Waals surface area (Å²) in [6.07, 6.45) is 1.17. The van der Waals surface area contributed by atoms with Gasteiger partial charge < -0.3 is 19.5 Å². The minimum absolute atomic E-state index is 0.0552. The molecule has 7 nitrogen and oxygen atoms in total. The number of carbonyl (C=O) groups is 1. The maximum Gasteiger partial charge on any atom is 0.251 e. The minimum atomic E-state index is -3.11. The van der Waals surface area contributed by atoms with E-state index in [9.17, 15) is 13.2 Å². The smallest absolute Gasteiger partial charge is 0.251 e. The van der Waals surface area contributed by atoms with Crippen molar-refractivity contribution in [2.45, 2.75) is 12.3 Å². The Hall–Kier alpha value is -2.74. The first-order valence-electron chi connectivity index (χ1n) is 8.11. The lowest BCUT2D eigenvalue weighted by Crippen LogP contribution is -2.22. The maximum atomic E-state index is 12.3. The van der Waals surface area contributed by atoms with Crippen LogP contribution in [0.25, 0.3) is 0 Å². The third-order valence-electron chi connectivity index (χ3n) is 3.82. The summed E-state index contributed by atoms with van der Waals surface area (Å²) < 4.78 is 38.5. The molecule has 1 amide bonds. The number of hydrogen-bond donors (Lipinski definition) is 1. The molecule has 27 heavy (non-hydrogen) atoms. The molecule has 0 saturated heterocycles. The van der Waals surface area contributed by atoms with Gasteiger partial charge in [0.2, 0.25) is 5.75 Å². The SMILES string of the molecule is COc1cc(CNC(=O)c2ccc(CS(C)(=O)=O)cc2)cc(OC)c1OC. The summed E-state index contributed by atoms with van der Waals surface area (Å²) in [5.74, 6) is 1.17. The van der Waals surface area contributed by atoms with Crippen molar-refractivity contribution in [2.75, 3.05) is 27.6 Å². The van der Waals surface area contributed by atoms with Gasteiger partial charge in [0, 0.05) is 18.4 Å². The van der Waals surface area contributed by atoms with Gasteiger partial charge in [0.1, 0.15) is 0 Å². The molecule has 0 spiro atoms. The van der Waals surface area contributed by atoms with Gasteiger partial charge in [0.05, 0.1) is 27.1 Å². The van der Waals surface area contributed by atoms with E-state index < -0.39 is 9.84 Å². The van der Waals surface area contributed by atoms with Crippen LogP contribution in [0.15, 0.2) is 36.4 Å². The van der Waals surface area contributed by atoms with Crippen LogP contribution >= 0.6 is 0 Å². The summed E-state index contributed by atoms with van der Waals surface area (Å²) in [6.45, 7) is 0.265. The van der Waals surface area contributed by atoms with Gasteiger partial charge in [0.25, 0.3) is 5.91 Å². The number of benzene rings is 2. The van der Waals surface area contributed by atoms with Gasteiger partial charge in [0.15, 0.2) is 21.3 Å². The summed E-state index contributed by atoms with van der Waals surface area (Å²) in [7, 11) is 1.46. The van der Waals surface area contributed by atoms with Crippen LogP contribution in [0.3, 0.4) is 0 Å². The summed E-state index contributed by atoms with van der Waals surface area (Å²) >= 11 is 0. The second-order valence-electron chi connectivity index (χ2n) is 5.98. The molecule has 2 rings (SSSR count). The minimum Gasteiger partial charge on any atom is -0.493 e. The molecule has 2 aromatic rings. The van der Waals surface area contributed by atoms with Crippen molar-refractivity contribution in [1.82, 2.24) is 5.32 Å². The molecular formula is C19H23NO6S. The average molecular weight is 393 g/mol. The molecule has 0 aromatic heterocycles. The number of nitrogens with one attached hydrogen (secondary N) is 1. The molecule has 0 aliphatic carbocycles. The van der Waals surface area contributed by atoms with Crippen molar-refractivity contribution >= 4 is 15.7 Å². The predicted octanol–water partition coefficient (Wildman–Crippen LogP) is 2.19. The van der Waals surface area contributed by atoms with E-state index in [0.29, 0.717) is 28.4 Å². The maximum absolute atomic E-state index is 12.3. The molecule has 0 heterocycles. The Bertz CT molecular complexity index is 881. The van der Waals surface area contributed by atoms with E-state index in [-0.39, 0.29) is 18.2 Å². The van der Waals surface area contributed by atoms with Crippen LogP contribution < -0.4 is 19.5 Å². The number of sulfone groups is 1. The fourth-order valence-electron chi connectivity index (χ4n) is 2.58. The standard InChI is InChI=1S/C19H23NO6S/c1-24-16-9-14(10-17(25-2)18(16)26-3)11-20-19(21)15-7-5-13(6-8-15)12-27(4,22)23/h5-10H,11-12H2,1-4H3,(H,20,21). The zero-order valence-corrected chi connectivity index (χ0v) is 16.6. The molecule has 0 saturated carbocycles. The molecule has 0 aliphatic heterocycles. The highest BCUT2D eigenvalue weighted by molar-refractivity contribution is 7.89. The topological polar surface area (TPSA) is 90.9 Å². The van der Waals surface area contributed by atoms with Crippen molar-refractivity contribution in [1.29, 1.82) is 0 Å². The first-order chi connectivity index (χ1) is 12.8. The van der Waals surface area contributed by atoms with Crippen molar-refractivity contribution in [3.63, 3.8) is 0 Å². The lowest BCUT2D eigenvalue weighted by atomic mass is 10.1. The van der Waals surface area contributed by atoms with Gasteiger partial charge in [-0.3, -0.25) is 4.79 Å². The second-order valence-corrected chi connectivity index (χ2v) is 8.12. The van der Waals surface area contributed by atoms with E-state index in [2.05, 4.69) is 5.32 Å². The van der Waals surface area contributed by atoms with E-state index in [1.807, 2.05) is 0 Å². The summed E-state index contributed by atoms with van der Waals surface area (Å²) in [5, 5.41) is 2.81. The lowest BCUT2D eigenvalue weighted by Gasteiger charge is -2.14. The molecule has 0 aliphatic rings. The summed E-state index contributed by atoms with van der Waals surface area (Å²) in [6, 6.07) is 9.99. The molecule has 0 fully saturated rings. The van der Waals surface area contributed by atoms with Gasteiger partial charge in [-0.15, -0.1) is 0 Å². The lowest BCUT2D eigenvalue weighted by molar-refractivity contribution is 0.0951. The molecule has 0 radical (unpaired) electrons. The van der Waals surface area contributed by atoms with Gasteiger partial charge in [-0.1, -0.05) is 12.1 Å². The Morgan fingerprint density at radius 3 is 1.93 bits per heavy atom. The number of rotatable bonds is 8. The highest BCUT2D eigenvalue weighted by atomic mass is 32.2. The van der Waals surface area contributed by atoms with Crippen LogP contribution in [-0.4, -0.2) is 41.9 Å². The summed E-state index contributed by atoms with van der Waals surface area (Å²) in [4.78, 5) is 12.3. The second kappa shape index (κ2) is 8.77. The van der Waals surface area contributed by atoms with Crippen molar-refractivity contribution in [3.05, 3.63) is 53.1 Å². The third-order valence-corrected chi connectivity index (χ3v) is 4.68. The predicted molar refractivity (Wildman–Crippen MR) is 102 cm³/mol. The van der Waals surface area contributed by atoms with E-state index in [0.717, 1.165) is 5.56 Å². The van der Waals surface area contributed by atoms with Gasteiger partial charge >= 0.3 is 0 Å². The van der Waals surface area contributed by atoms with E-state index >= 15 is 0 Å². The van der Waals surface area contributed by atoms with Crippen LogP contribution in [0.2, 0.25) is 0 Å². The largest absolute Gasteiger partial charge is 0.493 e. The molecule has 2 aromatic carbocycles. The Kier molecular flexibility index (Phi) is 6.68. The molecule has 146 valence electrons.